The van der Waals surface area contributed by atoms with Crippen molar-refractivity contribution in [3.8, 4) is 0 Å². The predicted octanol–water partition coefficient (Wildman–Crippen LogP) is 2.80. The molecule has 2 aliphatic rings. The highest BCUT2D eigenvalue weighted by atomic mass is 16.1. The van der Waals surface area contributed by atoms with E-state index >= 15 is 0 Å². The van der Waals surface area contributed by atoms with Crippen LogP contribution in [0, 0.1) is 18.8 Å². The molecule has 1 aliphatic carbocycles. The van der Waals surface area contributed by atoms with Crippen LogP contribution in [-0.2, 0) is 17.8 Å². The van der Waals surface area contributed by atoms with Gasteiger partial charge in [-0.05, 0) is 38.6 Å². The topological polar surface area (TPSA) is 61.0 Å². The number of rotatable bonds is 6. The van der Waals surface area contributed by atoms with E-state index in [1.54, 1.807) is 0 Å². The minimum atomic E-state index is 0.274. The van der Waals surface area contributed by atoms with Crippen LogP contribution in [0.3, 0.4) is 0 Å². The number of nitrogens with one attached hydrogen (secondary N) is 2. The Kier molecular flexibility index (Phi) is 5.93. The summed E-state index contributed by atoms with van der Waals surface area (Å²) in [6.07, 6.45) is 8.04. The van der Waals surface area contributed by atoms with Crippen LogP contribution >= 0.6 is 0 Å². The van der Waals surface area contributed by atoms with Gasteiger partial charge in [0, 0.05) is 37.7 Å². The molecule has 2 N–H and O–H groups in total. The fourth-order valence-electron chi connectivity index (χ4n) is 4.07. The van der Waals surface area contributed by atoms with Crippen molar-refractivity contribution in [1.82, 2.24) is 20.2 Å². The molecule has 5 heteroatoms. The third kappa shape index (κ3) is 4.38. The van der Waals surface area contributed by atoms with Gasteiger partial charge >= 0.3 is 0 Å². The van der Waals surface area contributed by atoms with Gasteiger partial charge < -0.3 is 10.3 Å². The van der Waals surface area contributed by atoms with Gasteiger partial charge in [0.05, 0.1) is 5.69 Å². The van der Waals surface area contributed by atoms with Gasteiger partial charge in [-0.25, -0.2) is 4.98 Å². The van der Waals surface area contributed by atoms with E-state index in [1.807, 2.05) is 0 Å². The molecule has 1 aliphatic heterocycles. The van der Waals surface area contributed by atoms with Crippen LogP contribution in [0.4, 0.5) is 0 Å². The van der Waals surface area contributed by atoms with Crippen molar-refractivity contribution < 1.29 is 4.79 Å². The fraction of sp³-hybridized carbons (Fsp3) is 0.789. The zero-order valence-corrected chi connectivity index (χ0v) is 15.2. The molecule has 2 fully saturated rings. The molecule has 0 unspecified atom stereocenters. The maximum atomic E-state index is 12.3. The summed E-state index contributed by atoms with van der Waals surface area (Å²) in [6.45, 7) is 8.18. The van der Waals surface area contributed by atoms with Gasteiger partial charge in [0.15, 0.2) is 0 Å². The summed E-state index contributed by atoms with van der Waals surface area (Å²) in [5, 5.41) is 3.22. The van der Waals surface area contributed by atoms with Gasteiger partial charge in [-0.2, -0.15) is 0 Å². The average molecular weight is 332 g/mol. The Balaban J connectivity index is 1.42. The maximum absolute atomic E-state index is 12.3. The highest BCUT2D eigenvalue weighted by Gasteiger charge is 2.26. The van der Waals surface area contributed by atoms with Crippen molar-refractivity contribution in [3.63, 3.8) is 0 Å². The van der Waals surface area contributed by atoms with Crippen molar-refractivity contribution in [2.45, 2.75) is 65.3 Å². The van der Waals surface area contributed by atoms with Crippen molar-refractivity contribution in [2.24, 2.45) is 11.8 Å². The molecule has 0 aromatic carbocycles. The number of amides is 1. The maximum Gasteiger partial charge on any atom is 0.223 e. The molecule has 1 amide bonds. The van der Waals surface area contributed by atoms with Crippen LogP contribution in [0.15, 0.2) is 0 Å². The average Bonchev–Trinajstić information content (AvgIpc) is 3.20. The molecule has 1 aromatic heterocycles. The molecule has 2 heterocycles. The number of imidazole rings is 1. The second-order valence-corrected chi connectivity index (χ2v) is 7.58. The summed E-state index contributed by atoms with van der Waals surface area (Å²) in [7, 11) is 0. The van der Waals surface area contributed by atoms with Gasteiger partial charge in [0.2, 0.25) is 5.91 Å². The highest BCUT2D eigenvalue weighted by molar-refractivity contribution is 5.78. The fourth-order valence-corrected chi connectivity index (χ4v) is 4.07. The molecular formula is C19H32N4O. The largest absolute Gasteiger partial charge is 0.356 e. The molecule has 134 valence electrons. The number of H-pyrrole nitrogens is 1. The number of aromatic amines is 1. The number of hydrogen-bond donors (Lipinski definition) is 2. The molecule has 5 nitrogen and oxygen atoms in total. The van der Waals surface area contributed by atoms with Crippen molar-refractivity contribution in [2.75, 3.05) is 19.6 Å². The number of nitrogens with zero attached hydrogens (tertiary/aromatic N) is 2. The normalized spacial score (nSPS) is 22.8. The standard InChI is InChI=1S/C19H32N4O/c1-3-18-21-14(2)17(22-18)13-23-10-9-15(12-23)11-20-19(24)16-7-5-4-6-8-16/h15-16H,3-13H2,1-2H3,(H,20,24)(H,21,22)/t15-/m1/s1. The van der Waals surface area contributed by atoms with Crippen molar-refractivity contribution in [3.05, 3.63) is 17.2 Å². The summed E-state index contributed by atoms with van der Waals surface area (Å²) in [5.41, 5.74) is 2.37. The van der Waals surface area contributed by atoms with E-state index in [9.17, 15) is 4.79 Å². The van der Waals surface area contributed by atoms with E-state index < -0.39 is 0 Å². The van der Waals surface area contributed by atoms with Crippen LogP contribution < -0.4 is 5.32 Å². The molecule has 0 radical (unpaired) electrons. The smallest absolute Gasteiger partial charge is 0.223 e. The van der Waals surface area contributed by atoms with Gasteiger partial charge in [0.25, 0.3) is 0 Å². The zero-order valence-electron chi connectivity index (χ0n) is 15.2. The monoisotopic (exact) mass is 332 g/mol. The molecule has 1 saturated carbocycles. The quantitative estimate of drug-likeness (QED) is 0.842. The summed E-state index contributed by atoms with van der Waals surface area (Å²) in [5.74, 6) is 2.24. The van der Waals surface area contributed by atoms with Crippen molar-refractivity contribution in [1.29, 1.82) is 0 Å². The number of carbonyl (C=O) groups is 1. The van der Waals surface area contributed by atoms with E-state index in [-0.39, 0.29) is 5.92 Å². The lowest BCUT2D eigenvalue weighted by Gasteiger charge is -2.22. The second kappa shape index (κ2) is 8.15. The van der Waals surface area contributed by atoms with Gasteiger partial charge in [-0.1, -0.05) is 26.2 Å². The molecule has 1 atom stereocenters. The first-order valence-electron chi connectivity index (χ1n) is 9.70. The lowest BCUT2D eigenvalue weighted by atomic mass is 9.88. The summed E-state index contributed by atoms with van der Waals surface area (Å²) in [6, 6.07) is 0. The lowest BCUT2D eigenvalue weighted by molar-refractivity contribution is -0.126. The summed E-state index contributed by atoms with van der Waals surface area (Å²) >= 11 is 0. The first-order valence-corrected chi connectivity index (χ1v) is 9.70. The lowest BCUT2D eigenvalue weighted by Crippen LogP contribution is -2.36. The van der Waals surface area contributed by atoms with Gasteiger partial charge in [-0.3, -0.25) is 9.69 Å². The molecular weight excluding hydrogens is 300 g/mol. The van der Waals surface area contributed by atoms with E-state index in [0.717, 1.165) is 51.3 Å². The summed E-state index contributed by atoms with van der Waals surface area (Å²) < 4.78 is 0. The summed E-state index contributed by atoms with van der Waals surface area (Å²) in [4.78, 5) is 22.8. The Hall–Kier alpha value is -1.36. The Morgan fingerprint density at radius 3 is 2.79 bits per heavy atom. The Bertz CT molecular complexity index is 548. The highest BCUT2D eigenvalue weighted by Crippen LogP contribution is 2.24. The molecule has 1 saturated heterocycles. The van der Waals surface area contributed by atoms with Gasteiger partial charge in [-0.15, -0.1) is 0 Å². The number of aryl methyl sites for hydroxylation is 2. The van der Waals surface area contributed by atoms with Crippen LogP contribution in [0.25, 0.3) is 0 Å². The zero-order chi connectivity index (χ0) is 16.9. The second-order valence-electron chi connectivity index (χ2n) is 7.58. The molecule has 1 aromatic rings. The number of likely N-dealkylation sites (tertiary alicyclic amines) is 1. The third-order valence-corrected chi connectivity index (χ3v) is 5.65. The Labute approximate surface area is 145 Å². The van der Waals surface area contributed by atoms with Gasteiger partial charge in [0.1, 0.15) is 5.82 Å². The molecule has 0 bridgehead atoms. The predicted molar refractivity (Wildman–Crippen MR) is 95.7 cm³/mol. The van der Waals surface area contributed by atoms with Crippen molar-refractivity contribution >= 4 is 5.91 Å². The molecule has 0 spiro atoms. The van der Waals surface area contributed by atoms with E-state index in [1.165, 1.54) is 37.1 Å². The number of aromatic nitrogens is 2. The van der Waals surface area contributed by atoms with E-state index in [2.05, 4.69) is 34.0 Å². The molecule has 3 rings (SSSR count). The number of carbonyl (C=O) groups excluding carboxylic acids is 1. The number of hydrogen-bond acceptors (Lipinski definition) is 3. The van der Waals surface area contributed by atoms with E-state index in [0.29, 0.717) is 11.8 Å². The van der Waals surface area contributed by atoms with Crippen LogP contribution in [0.2, 0.25) is 0 Å². The van der Waals surface area contributed by atoms with Crippen LogP contribution in [-0.4, -0.2) is 40.4 Å². The SMILES string of the molecule is CCc1nc(CN2CC[C@H](CNC(=O)C3CCCCC3)C2)c(C)[nH]1. The minimum absolute atomic E-state index is 0.274. The first kappa shape index (κ1) is 17.5. The van der Waals surface area contributed by atoms with E-state index in [4.69, 9.17) is 0 Å². The van der Waals surface area contributed by atoms with Crippen LogP contribution in [0.5, 0.6) is 0 Å². The Morgan fingerprint density at radius 2 is 2.08 bits per heavy atom. The Morgan fingerprint density at radius 1 is 1.29 bits per heavy atom. The molecule has 24 heavy (non-hydrogen) atoms. The minimum Gasteiger partial charge on any atom is -0.356 e. The first-order chi connectivity index (χ1) is 11.7. The van der Waals surface area contributed by atoms with Crippen LogP contribution in [0.1, 0.15) is 62.7 Å². The third-order valence-electron chi connectivity index (χ3n) is 5.65.